The van der Waals surface area contributed by atoms with Crippen molar-refractivity contribution < 1.29 is 9.53 Å². The number of nitrogens with zero attached hydrogens (tertiary/aromatic N) is 4. The van der Waals surface area contributed by atoms with Crippen molar-refractivity contribution in [2.24, 2.45) is 11.8 Å². The van der Waals surface area contributed by atoms with Gasteiger partial charge in [-0.2, -0.15) is 0 Å². The van der Waals surface area contributed by atoms with Crippen molar-refractivity contribution in [3.8, 4) is 0 Å². The highest BCUT2D eigenvalue weighted by Crippen LogP contribution is 2.31. The smallest absolute Gasteiger partial charge is 0.225 e. The number of rotatable bonds is 6. The molecule has 0 unspecified atom stereocenters. The summed E-state index contributed by atoms with van der Waals surface area (Å²) >= 11 is 0. The van der Waals surface area contributed by atoms with Gasteiger partial charge in [-0.3, -0.25) is 4.79 Å². The molecule has 1 aliphatic heterocycles. The summed E-state index contributed by atoms with van der Waals surface area (Å²) in [7, 11) is 0. The van der Waals surface area contributed by atoms with Gasteiger partial charge in [-0.1, -0.05) is 18.1 Å². The minimum Gasteiger partial charge on any atom is -0.375 e. The second-order valence-corrected chi connectivity index (χ2v) is 7.03. The molecule has 120 valence electrons. The van der Waals surface area contributed by atoms with E-state index in [1.807, 2.05) is 15.8 Å². The van der Waals surface area contributed by atoms with Crippen molar-refractivity contribution in [3.63, 3.8) is 0 Å². The van der Waals surface area contributed by atoms with Gasteiger partial charge < -0.3 is 9.64 Å². The van der Waals surface area contributed by atoms with Crippen LogP contribution in [-0.4, -0.2) is 45.5 Å². The minimum atomic E-state index is 0.281. The fourth-order valence-electron chi connectivity index (χ4n) is 3.41. The molecule has 0 aromatic carbocycles. The Labute approximate surface area is 130 Å². The van der Waals surface area contributed by atoms with Gasteiger partial charge in [0.15, 0.2) is 0 Å². The van der Waals surface area contributed by atoms with Gasteiger partial charge in [-0.25, -0.2) is 4.68 Å². The molecule has 2 heterocycles. The number of carbonyl (C=O) groups is 1. The summed E-state index contributed by atoms with van der Waals surface area (Å²) in [4.78, 5) is 14.3. The van der Waals surface area contributed by atoms with Gasteiger partial charge in [0.1, 0.15) is 5.69 Å². The molecule has 0 radical (unpaired) electrons. The molecule has 3 fully saturated rings. The molecule has 22 heavy (non-hydrogen) atoms. The van der Waals surface area contributed by atoms with Crippen molar-refractivity contribution in [1.29, 1.82) is 0 Å². The zero-order valence-electron chi connectivity index (χ0n) is 13.0. The van der Waals surface area contributed by atoms with Gasteiger partial charge in [-0.05, 0) is 31.6 Å². The largest absolute Gasteiger partial charge is 0.375 e. The Morgan fingerprint density at radius 2 is 2.00 bits per heavy atom. The Morgan fingerprint density at radius 1 is 1.23 bits per heavy atom. The average Bonchev–Trinajstić information content (AvgIpc) is 2.97. The highest BCUT2D eigenvalue weighted by Gasteiger charge is 2.36. The van der Waals surface area contributed by atoms with E-state index in [0.717, 1.165) is 44.1 Å². The van der Waals surface area contributed by atoms with Crippen LogP contribution < -0.4 is 0 Å². The maximum Gasteiger partial charge on any atom is 0.225 e. The molecule has 2 aliphatic carbocycles. The van der Waals surface area contributed by atoms with Crippen LogP contribution in [0.1, 0.15) is 50.3 Å². The summed E-state index contributed by atoms with van der Waals surface area (Å²) in [5.41, 5.74) is 0.890. The fourth-order valence-corrected chi connectivity index (χ4v) is 3.41. The van der Waals surface area contributed by atoms with E-state index in [2.05, 4.69) is 10.3 Å². The monoisotopic (exact) mass is 304 g/mol. The van der Waals surface area contributed by atoms with Crippen molar-refractivity contribution in [2.45, 2.75) is 51.2 Å². The van der Waals surface area contributed by atoms with Crippen LogP contribution >= 0.6 is 0 Å². The zero-order chi connectivity index (χ0) is 14.9. The molecule has 0 N–H and O–H groups in total. The second kappa shape index (κ2) is 5.99. The van der Waals surface area contributed by atoms with E-state index in [-0.39, 0.29) is 12.0 Å². The highest BCUT2D eigenvalue weighted by atomic mass is 16.5. The van der Waals surface area contributed by atoms with Gasteiger partial charge in [0.2, 0.25) is 5.91 Å². The SMILES string of the molecule is O=C(C1CCCC1)N1CC(n2cc(COCC3CC3)nn2)C1. The van der Waals surface area contributed by atoms with E-state index in [9.17, 15) is 4.79 Å². The van der Waals surface area contributed by atoms with Crippen molar-refractivity contribution in [3.05, 3.63) is 11.9 Å². The van der Waals surface area contributed by atoms with E-state index < -0.39 is 0 Å². The number of hydrogen-bond donors (Lipinski definition) is 0. The molecular weight excluding hydrogens is 280 g/mol. The predicted octanol–water partition coefficient (Wildman–Crippen LogP) is 1.78. The number of amides is 1. The Bertz CT molecular complexity index is 528. The first-order valence-corrected chi connectivity index (χ1v) is 8.57. The van der Waals surface area contributed by atoms with Crippen LogP contribution in [0.3, 0.4) is 0 Å². The van der Waals surface area contributed by atoms with E-state index in [1.54, 1.807) is 0 Å². The molecule has 1 amide bonds. The molecular formula is C16H24N4O2. The lowest BCUT2D eigenvalue weighted by atomic mass is 10.0. The highest BCUT2D eigenvalue weighted by molar-refractivity contribution is 5.79. The van der Waals surface area contributed by atoms with E-state index in [0.29, 0.717) is 12.5 Å². The molecule has 1 aromatic rings. The molecule has 0 atom stereocenters. The third-order valence-corrected chi connectivity index (χ3v) is 5.11. The van der Waals surface area contributed by atoms with E-state index in [1.165, 1.54) is 25.7 Å². The molecule has 6 nitrogen and oxygen atoms in total. The number of carbonyl (C=O) groups excluding carboxylic acids is 1. The standard InChI is InChI=1S/C16H24N4O2/c21-16(13-3-1-2-4-13)19-8-15(9-19)20-7-14(17-18-20)11-22-10-12-5-6-12/h7,12-13,15H,1-6,8-11H2. The average molecular weight is 304 g/mol. The lowest BCUT2D eigenvalue weighted by Crippen LogP contribution is -2.52. The first kappa shape index (κ1) is 14.2. The fraction of sp³-hybridized carbons (Fsp3) is 0.812. The summed E-state index contributed by atoms with van der Waals surface area (Å²) in [5, 5.41) is 8.36. The molecule has 3 aliphatic rings. The van der Waals surface area contributed by atoms with E-state index in [4.69, 9.17) is 4.74 Å². The van der Waals surface area contributed by atoms with Gasteiger partial charge >= 0.3 is 0 Å². The quantitative estimate of drug-likeness (QED) is 0.804. The first-order valence-electron chi connectivity index (χ1n) is 8.57. The molecule has 0 spiro atoms. The molecule has 1 aromatic heterocycles. The van der Waals surface area contributed by atoms with Gasteiger partial charge in [0.25, 0.3) is 0 Å². The topological polar surface area (TPSA) is 60.2 Å². The molecule has 2 saturated carbocycles. The summed E-state index contributed by atoms with van der Waals surface area (Å²) < 4.78 is 7.53. The number of hydrogen-bond acceptors (Lipinski definition) is 4. The van der Waals surface area contributed by atoms with Crippen LogP contribution in [-0.2, 0) is 16.1 Å². The van der Waals surface area contributed by atoms with Crippen LogP contribution in [0.4, 0.5) is 0 Å². The van der Waals surface area contributed by atoms with Gasteiger partial charge in [0.05, 0.1) is 18.8 Å². The normalized spacial score (nSPS) is 23.0. The van der Waals surface area contributed by atoms with Crippen molar-refractivity contribution in [1.82, 2.24) is 19.9 Å². The maximum absolute atomic E-state index is 12.3. The van der Waals surface area contributed by atoms with Crippen LogP contribution in [0.5, 0.6) is 0 Å². The molecule has 4 rings (SSSR count). The maximum atomic E-state index is 12.3. The Balaban J connectivity index is 1.23. The number of likely N-dealkylation sites (tertiary alicyclic amines) is 1. The summed E-state index contributed by atoms with van der Waals surface area (Å²) in [6.07, 6.45) is 9.15. The lowest BCUT2D eigenvalue weighted by Gasteiger charge is -2.40. The van der Waals surface area contributed by atoms with Crippen molar-refractivity contribution >= 4 is 5.91 Å². The third kappa shape index (κ3) is 3.02. The summed E-state index contributed by atoms with van der Waals surface area (Å²) in [6, 6.07) is 0.287. The first-order chi connectivity index (χ1) is 10.8. The predicted molar refractivity (Wildman–Crippen MR) is 80.0 cm³/mol. The van der Waals surface area contributed by atoms with E-state index >= 15 is 0 Å². The Kier molecular flexibility index (Phi) is 3.86. The lowest BCUT2D eigenvalue weighted by molar-refractivity contribution is -0.141. The van der Waals surface area contributed by atoms with Crippen LogP contribution in [0.25, 0.3) is 0 Å². The minimum absolute atomic E-state index is 0.281. The molecule has 1 saturated heterocycles. The summed E-state index contributed by atoms with van der Waals surface area (Å²) in [6.45, 7) is 2.95. The number of aromatic nitrogens is 3. The number of ether oxygens (including phenoxy) is 1. The molecule has 6 heteroatoms. The second-order valence-electron chi connectivity index (χ2n) is 7.03. The van der Waals surface area contributed by atoms with Crippen LogP contribution in [0.2, 0.25) is 0 Å². The summed E-state index contributed by atoms with van der Waals surface area (Å²) in [5.74, 6) is 1.40. The van der Waals surface area contributed by atoms with Crippen molar-refractivity contribution in [2.75, 3.05) is 19.7 Å². The Morgan fingerprint density at radius 3 is 2.73 bits per heavy atom. The Hall–Kier alpha value is -1.43. The molecule has 0 bridgehead atoms. The van der Waals surface area contributed by atoms with Gasteiger partial charge in [0, 0.05) is 25.6 Å². The van der Waals surface area contributed by atoms with Crippen LogP contribution in [0, 0.1) is 11.8 Å². The van der Waals surface area contributed by atoms with Gasteiger partial charge in [-0.15, -0.1) is 5.10 Å². The third-order valence-electron chi connectivity index (χ3n) is 5.11. The van der Waals surface area contributed by atoms with Crippen LogP contribution in [0.15, 0.2) is 6.20 Å². The zero-order valence-corrected chi connectivity index (χ0v) is 13.0.